The average molecular weight is 333 g/mol. The summed E-state index contributed by atoms with van der Waals surface area (Å²) in [5.41, 5.74) is 1.10. The van der Waals surface area contributed by atoms with Crippen molar-refractivity contribution in [2.75, 3.05) is 18.8 Å². The largest absolute Gasteiger partial charge is 0.260 e. The summed E-state index contributed by atoms with van der Waals surface area (Å²) in [5.74, 6) is 0.863. The Labute approximate surface area is 129 Å². The van der Waals surface area contributed by atoms with Gasteiger partial charge in [0.05, 0.1) is 18.8 Å². The van der Waals surface area contributed by atoms with E-state index in [0.29, 0.717) is 35.5 Å². The highest BCUT2D eigenvalue weighted by molar-refractivity contribution is 8.14. The standard InChI is InChI=1S/C13H17ClN2O2S2/c1-2-9-20(17,18)16-8-7-15-13(16)19-10-11-3-5-12(14)6-4-11/h3-6H,2,7-10H2,1H3. The highest BCUT2D eigenvalue weighted by atomic mass is 35.5. The van der Waals surface area contributed by atoms with Gasteiger partial charge >= 0.3 is 0 Å². The Hall–Kier alpha value is -0.720. The Morgan fingerprint density at radius 2 is 2.05 bits per heavy atom. The number of thioether (sulfide) groups is 1. The topological polar surface area (TPSA) is 49.7 Å². The molecule has 1 heterocycles. The second kappa shape index (κ2) is 6.83. The molecule has 1 aromatic rings. The fourth-order valence-electron chi connectivity index (χ4n) is 1.88. The number of nitrogens with zero attached hydrogens (tertiary/aromatic N) is 2. The van der Waals surface area contributed by atoms with Gasteiger partial charge in [0.25, 0.3) is 0 Å². The molecule has 0 saturated carbocycles. The van der Waals surface area contributed by atoms with Crippen LogP contribution in [0.3, 0.4) is 0 Å². The fourth-order valence-corrected chi connectivity index (χ4v) is 4.81. The first-order chi connectivity index (χ1) is 9.53. The SMILES string of the molecule is CCCS(=O)(=O)N1CCN=C1SCc1ccc(Cl)cc1. The third-order valence-corrected chi connectivity index (χ3v) is 6.25. The van der Waals surface area contributed by atoms with Gasteiger partial charge in [0.2, 0.25) is 10.0 Å². The molecule has 1 aliphatic rings. The van der Waals surface area contributed by atoms with Gasteiger partial charge in [0, 0.05) is 10.8 Å². The number of amidine groups is 1. The van der Waals surface area contributed by atoms with Crippen LogP contribution in [0.2, 0.25) is 5.02 Å². The second-order valence-corrected chi connectivity index (χ2v) is 7.86. The van der Waals surface area contributed by atoms with Gasteiger partial charge in [-0.3, -0.25) is 4.99 Å². The van der Waals surface area contributed by atoms with Crippen LogP contribution in [-0.2, 0) is 15.8 Å². The summed E-state index contributed by atoms with van der Waals surface area (Å²) < 4.78 is 25.7. The molecule has 0 aliphatic carbocycles. The number of hydrogen-bond donors (Lipinski definition) is 0. The quantitative estimate of drug-likeness (QED) is 0.833. The normalized spacial score (nSPS) is 15.5. The smallest absolute Gasteiger partial charge is 0.236 e. The lowest BCUT2D eigenvalue weighted by atomic mass is 10.2. The van der Waals surface area contributed by atoms with E-state index in [-0.39, 0.29) is 5.75 Å². The lowest BCUT2D eigenvalue weighted by Gasteiger charge is -2.19. The molecule has 0 atom stereocenters. The van der Waals surface area contributed by atoms with Gasteiger partial charge < -0.3 is 0 Å². The van der Waals surface area contributed by atoms with Crippen LogP contribution in [0.25, 0.3) is 0 Å². The number of benzene rings is 1. The molecule has 4 nitrogen and oxygen atoms in total. The van der Waals surface area contributed by atoms with Gasteiger partial charge in [-0.1, -0.05) is 42.4 Å². The Bertz CT molecular complexity index is 585. The van der Waals surface area contributed by atoms with E-state index in [1.54, 1.807) is 0 Å². The number of hydrogen-bond acceptors (Lipinski definition) is 4. The number of sulfonamides is 1. The monoisotopic (exact) mass is 332 g/mol. The van der Waals surface area contributed by atoms with Gasteiger partial charge in [-0.05, 0) is 24.1 Å². The summed E-state index contributed by atoms with van der Waals surface area (Å²) in [4.78, 5) is 4.30. The van der Waals surface area contributed by atoms with Crippen molar-refractivity contribution in [2.24, 2.45) is 4.99 Å². The van der Waals surface area contributed by atoms with Crippen molar-refractivity contribution in [3.63, 3.8) is 0 Å². The molecule has 1 aliphatic heterocycles. The maximum atomic E-state index is 12.1. The van der Waals surface area contributed by atoms with Gasteiger partial charge in [-0.15, -0.1) is 0 Å². The molecule has 0 bridgehead atoms. The van der Waals surface area contributed by atoms with Crippen LogP contribution in [0, 0.1) is 0 Å². The van der Waals surface area contributed by atoms with Crippen LogP contribution in [-0.4, -0.2) is 36.7 Å². The van der Waals surface area contributed by atoms with Crippen molar-refractivity contribution in [2.45, 2.75) is 19.1 Å². The van der Waals surface area contributed by atoms with Crippen molar-refractivity contribution in [1.82, 2.24) is 4.31 Å². The van der Waals surface area contributed by atoms with Gasteiger partial charge in [-0.2, -0.15) is 0 Å². The number of halogens is 1. The fraction of sp³-hybridized carbons (Fsp3) is 0.462. The third kappa shape index (κ3) is 3.90. The van der Waals surface area contributed by atoms with Crippen LogP contribution in [0.5, 0.6) is 0 Å². The molecule has 0 aromatic heterocycles. The zero-order chi connectivity index (χ0) is 14.6. The van der Waals surface area contributed by atoms with E-state index in [1.165, 1.54) is 16.1 Å². The molecule has 0 N–H and O–H groups in total. The van der Waals surface area contributed by atoms with Gasteiger partial charge in [0.1, 0.15) is 0 Å². The molecule has 0 saturated heterocycles. The summed E-state index contributed by atoms with van der Waals surface area (Å²) in [6.45, 7) is 2.88. The van der Waals surface area contributed by atoms with E-state index in [1.807, 2.05) is 31.2 Å². The van der Waals surface area contributed by atoms with Crippen molar-refractivity contribution in [3.8, 4) is 0 Å². The van der Waals surface area contributed by atoms with Crippen molar-refractivity contribution in [3.05, 3.63) is 34.9 Å². The lowest BCUT2D eigenvalue weighted by molar-refractivity contribution is 0.539. The first-order valence-electron chi connectivity index (χ1n) is 6.45. The van der Waals surface area contributed by atoms with Crippen LogP contribution < -0.4 is 0 Å². The first-order valence-corrected chi connectivity index (χ1v) is 9.42. The Morgan fingerprint density at radius 3 is 2.70 bits per heavy atom. The molecule has 20 heavy (non-hydrogen) atoms. The minimum atomic E-state index is -3.21. The zero-order valence-electron chi connectivity index (χ0n) is 11.3. The predicted octanol–water partition coefficient (Wildman–Crippen LogP) is 2.98. The van der Waals surface area contributed by atoms with Crippen LogP contribution >= 0.6 is 23.4 Å². The number of aliphatic imine (C=N–C) groups is 1. The molecule has 0 unspecified atom stereocenters. The Balaban J connectivity index is 2.00. The summed E-state index contributed by atoms with van der Waals surface area (Å²) in [6, 6.07) is 7.55. The van der Waals surface area contributed by atoms with Crippen molar-refractivity contribution in [1.29, 1.82) is 0 Å². The van der Waals surface area contributed by atoms with Gasteiger partial charge in [0.15, 0.2) is 5.17 Å². The average Bonchev–Trinajstić information content (AvgIpc) is 2.87. The molecule has 1 aromatic carbocycles. The van der Waals surface area contributed by atoms with E-state index in [0.717, 1.165) is 5.56 Å². The van der Waals surface area contributed by atoms with E-state index in [9.17, 15) is 8.42 Å². The molecule has 0 fully saturated rings. The molecular formula is C13H17ClN2O2S2. The van der Waals surface area contributed by atoms with E-state index >= 15 is 0 Å². The maximum absolute atomic E-state index is 12.1. The van der Waals surface area contributed by atoms with Crippen LogP contribution in [0.15, 0.2) is 29.3 Å². The number of rotatable bonds is 5. The minimum absolute atomic E-state index is 0.174. The van der Waals surface area contributed by atoms with Crippen LogP contribution in [0.1, 0.15) is 18.9 Å². The highest BCUT2D eigenvalue weighted by Crippen LogP contribution is 2.23. The zero-order valence-corrected chi connectivity index (χ0v) is 13.6. The van der Waals surface area contributed by atoms with Gasteiger partial charge in [-0.25, -0.2) is 12.7 Å². The maximum Gasteiger partial charge on any atom is 0.236 e. The highest BCUT2D eigenvalue weighted by Gasteiger charge is 2.28. The molecule has 110 valence electrons. The molecule has 7 heteroatoms. The predicted molar refractivity (Wildman–Crippen MR) is 85.8 cm³/mol. The van der Waals surface area contributed by atoms with Crippen molar-refractivity contribution < 1.29 is 8.42 Å². The molecule has 0 amide bonds. The summed E-state index contributed by atoms with van der Waals surface area (Å²) in [7, 11) is -3.21. The molecule has 0 radical (unpaired) electrons. The van der Waals surface area contributed by atoms with E-state index < -0.39 is 10.0 Å². The van der Waals surface area contributed by atoms with E-state index in [2.05, 4.69) is 4.99 Å². The Morgan fingerprint density at radius 1 is 1.35 bits per heavy atom. The minimum Gasteiger partial charge on any atom is -0.260 e. The summed E-state index contributed by atoms with van der Waals surface area (Å²) in [6.07, 6.45) is 0.619. The lowest BCUT2D eigenvalue weighted by Crippen LogP contribution is -2.34. The van der Waals surface area contributed by atoms with Crippen LogP contribution in [0.4, 0.5) is 0 Å². The van der Waals surface area contributed by atoms with Crippen molar-refractivity contribution >= 4 is 38.6 Å². The summed E-state index contributed by atoms with van der Waals surface area (Å²) in [5, 5.41) is 1.30. The third-order valence-electron chi connectivity index (χ3n) is 2.84. The Kier molecular flexibility index (Phi) is 5.35. The van der Waals surface area contributed by atoms with E-state index in [4.69, 9.17) is 11.6 Å². The first kappa shape index (κ1) is 15.7. The molecular weight excluding hydrogens is 316 g/mol. The summed E-state index contributed by atoms with van der Waals surface area (Å²) >= 11 is 7.30. The second-order valence-electron chi connectivity index (χ2n) is 4.47. The molecule has 0 spiro atoms. The molecule has 2 rings (SSSR count).